The molecule has 0 spiro atoms. The number of pyridine rings is 1. The van der Waals surface area contributed by atoms with Crippen LogP contribution < -0.4 is 9.80 Å². The van der Waals surface area contributed by atoms with Gasteiger partial charge in [-0.2, -0.15) is 0 Å². The molecule has 1 aliphatic heterocycles. The first kappa shape index (κ1) is 17.3. The summed E-state index contributed by atoms with van der Waals surface area (Å²) in [5.41, 5.74) is 2.43. The number of para-hydroxylation sites is 2. The molecule has 6 nitrogen and oxygen atoms in total. The summed E-state index contributed by atoms with van der Waals surface area (Å²) in [5.74, 6) is 0.595. The second kappa shape index (κ2) is 6.54. The summed E-state index contributed by atoms with van der Waals surface area (Å²) in [7, 11) is 0. The maximum atomic E-state index is 13.3. The normalized spacial score (nSPS) is 14.2. The van der Waals surface area contributed by atoms with Crippen molar-refractivity contribution in [3.05, 3.63) is 66.9 Å². The first-order valence-electron chi connectivity index (χ1n) is 9.09. The third-order valence-corrected chi connectivity index (χ3v) is 4.79. The zero-order valence-corrected chi connectivity index (χ0v) is 15.8. The highest BCUT2D eigenvalue weighted by atomic mass is 16.2. The monoisotopic (exact) mass is 361 g/mol. The van der Waals surface area contributed by atoms with Crippen LogP contribution in [0.5, 0.6) is 0 Å². The second-order valence-corrected chi connectivity index (χ2v) is 7.62. The molecule has 0 bridgehead atoms. The van der Waals surface area contributed by atoms with Gasteiger partial charge in [0.1, 0.15) is 17.8 Å². The molecule has 0 atom stereocenters. The Labute approximate surface area is 159 Å². The van der Waals surface area contributed by atoms with Crippen LogP contribution in [-0.2, 0) is 0 Å². The fraction of sp³-hybridized carbons (Fsp3) is 0.286. The number of benzene rings is 1. The number of imidazole rings is 1. The minimum atomic E-state index is -0.0852. The van der Waals surface area contributed by atoms with E-state index in [-0.39, 0.29) is 11.4 Å². The number of carbonyl (C=O) groups excluding carboxylic acids is 1. The Balaban J connectivity index is 1.70. The van der Waals surface area contributed by atoms with E-state index in [0.29, 0.717) is 18.1 Å². The predicted molar refractivity (Wildman–Crippen MR) is 107 cm³/mol. The Bertz CT molecular complexity index is 959. The molecule has 27 heavy (non-hydrogen) atoms. The smallest absolute Gasteiger partial charge is 0.277 e. The van der Waals surface area contributed by atoms with Crippen LogP contribution in [0.15, 0.2) is 61.2 Å². The van der Waals surface area contributed by atoms with Gasteiger partial charge in [0.25, 0.3) is 5.91 Å². The van der Waals surface area contributed by atoms with Gasteiger partial charge in [0.15, 0.2) is 0 Å². The van der Waals surface area contributed by atoms with E-state index in [9.17, 15) is 4.79 Å². The van der Waals surface area contributed by atoms with Crippen LogP contribution in [0.3, 0.4) is 0 Å². The molecular formula is C21H23N5O. The van der Waals surface area contributed by atoms with Crippen LogP contribution in [0, 0.1) is 0 Å². The fourth-order valence-electron chi connectivity index (χ4n) is 3.49. The molecule has 1 aromatic carbocycles. The molecule has 1 amide bonds. The van der Waals surface area contributed by atoms with E-state index in [2.05, 4.69) is 41.7 Å². The molecule has 0 saturated carbocycles. The summed E-state index contributed by atoms with van der Waals surface area (Å²) < 4.78 is 1.79. The minimum Gasteiger partial charge on any atom is -0.363 e. The van der Waals surface area contributed by atoms with Gasteiger partial charge in [-0.3, -0.25) is 9.36 Å². The summed E-state index contributed by atoms with van der Waals surface area (Å²) in [5, 5.41) is 0. The molecule has 0 N–H and O–H groups in total. The lowest BCUT2D eigenvalue weighted by molar-refractivity contribution is 0.0981. The second-order valence-electron chi connectivity index (χ2n) is 7.62. The Morgan fingerprint density at radius 3 is 2.48 bits per heavy atom. The number of fused-ring (bicyclic) bond motifs is 1. The number of aromatic nitrogens is 3. The zero-order valence-electron chi connectivity index (χ0n) is 15.8. The number of rotatable bonds is 2. The van der Waals surface area contributed by atoms with Crippen LogP contribution in [0.4, 0.5) is 11.4 Å². The molecule has 3 aromatic rings. The van der Waals surface area contributed by atoms with Crippen molar-refractivity contribution in [2.75, 3.05) is 22.9 Å². The number of hydrogen-bond donors (Lipinski definition) is 0. The molecule has 0 radical (unpaired) electrons. The Morgan fingerprint density at radius 2 is 1.78 bits per heavy atom. The van der Waals surface area contributed by atoms with Crippen molar-refractivity contribution in [1.29, 1.82) is 0 Å². The average Bonchev–Trinajstić information content (AvgIpc) is 3.21. The molecule has 2 aromatic heterocycles. The van der Waals surface area contributed by atoms with Crippen LogP contribution in [0.25, 0.3) is 5.82 Å². The van der Waals surface area contributed by atoms with E-state index >= 15 is 0 Å². The van der Waals surface area contributed by atoms with Crippen molar-refractivity contribution >= 4 is 17.3 Å². The van der Waals surface area contributed by atoms with Gasteiger partial charge in [-0.1, -0.05) is 18.2 Å². The first-order valence-corrected chi connectivity index (χ1v) is 9.09. The topological polar surface area (TPSA) is 54.3 Å². The SMILES string of the molecule is CC(C)(C)N1CCN(C(=O)c2cccc(-n3ccnc3)n2)c2ccccc21. The van der Waals surface area contributed by atoms with Crippen molar-refractivity contribution in [2.24, 2.45) is 0 Å². The van der Waals surface area contributed by atoms with E-state index in [1.165, 1.54) is 0 Å². The lowest BCUT2D eigenvalue weighted by atomic mass is 10.0. The molecule has 1 aliphatic rings. The molecule has 0 saturated heterocycles. The van der Waals surface area contributed by atoms with Crippen LogP contribution in [0.1, 0.15) is 31.3 Å². The molecule has 0 fully saturated rings. The standard InChI is InChI=1S/C21H23N5O/c1-21(2,3)26-14-13-25(17-8-4-5-9-18(17)26)20(27)16-7-6-10-19(23-16)24-12-11-22-15-24/h4-12,15H,13-14H2,1-3H3. The lowest BCUT2D eigenvalue weighted by Crippen LogP contribution is -2.51. The lowest BCUT2D eigenvalue weighted by Gasteiger charge is -2.44. The Hall–Kier alpha value is -3.15. The van der Waals surface area contributed by atoms with Crippen molar-refractivity contribution in [1.82, 2.24) is 14.5 Å². The summed E-state index contributed by atoms with van der Waals surface area (Å²) >= 11 is 0. The number of hydrogen-bond acceptors (Lipinski definition) is 4. The summed E-state index contributed by atoms with van der Waals surface area (Å²) in [6.07, 6.45) is 5.18. The third-order valence-electron chi connectivity index (χ3n) is 4.79. The van der Waals surface area contributed by atoms with Crippen molar-refractivity contribution in [3.63, 3.8) is 0 Å². The van der Waals surface area contributed by atoms with Gasteiger partial charge >= 0.3 is 0 Å². The molecular weight excluding hydrogens is 338 g/mol. The maximum absolute atomic E-state index is 13.3. The van der Waals surface area contributed by atoms with E-state index in [1.54, 1.807) is 23.2 Å². The number of anilines is 2. The van der Waals surface area contributed by atoms with Crippen molar-refractivity contribution in [3.8, 4) is 5.82 Å². The minimum absolute atomic E-state index is 0.00910. The van der Waals surface area contributed by atoms with E-state index in [4.69, 9.17) is 0 Å². The molecule has 138 valence electrons. The molecule has 4 rings (SSSR count). The average molecular weight is 361 g/mol. The zero-order chi connectivity index (χ0) is 19.0. The van der Waals surface area contributed by atoms with Crippen molar-refractivity contribution in [2.45, 2.75) is 26.3 Å². The quantitative estimate of drug-likeness (QED) is 0.701. The van der Waals surface area contributed by atoms with Crippen LogP contribution in [-0.4, -0.2) is 39.1 Å². The highest BCUT2D eigenvalue weighted by Crippen LogP contribution is 2.37. The Kier molecular flexibility index (Phi) is 4.18. The van der Waals surface area contributed by atoms with Crippen LogP contribution in [0.2, 0.25) is 0 Å². The molecule has 0 aliphatic carbocycles. The largest absolute Gasteiger partial charge is 0.363 e. The molecule has 6 heteroatoms. The first-order chi connectivity index (χ1) is 12.9. The van der Waals surface area contributed by atoms with E-state index in [0.717, 1.165) is 17.9 Å². The highest BCUT2D eigenvalue weighted by molar-refractivity contribution is 6.07. The van der Waals surface area contributed by atoms with Gasteiger partial charge in [-0.05, 0) is 45.0 Å². The van der Waals surface area contributed by atoms with Crippen LogP contribution >= 0.6 is 0 Å². The summed E-state index contributed by atoms with van der Waals surface area (Å²) in [6, 6.07) is 13.6. The van der Waals surface area contributed by atoms with E-state index in [1.807, 2.05) is 41.4 Å². The highest BCUT2D eigenvalue weighted by Gasteiger charge is 2.32. The van der Waals surface area contributed by atoms with Gasteiger partial charge < -0.3 is 9.80 Å². The fourth-order valence-corrected chi connectivity index (χ4v) is 3.49. The van der Waals surface area contributed by atoms with Gasteiger partial charge in [0.2, 0.25) is 0 Å². The van der Waals surface area contributed by atoms with Gasteiger partial charge in [-0.15, -0.1) is 0 Å². The summed E-state index contributed by atoms with van der Waals surface area (Å²) in [4.78, 5) is 26.0. The third kappa shape index (κ3) is 3.18. The predicted octanol–water partition coefficient (Wildman–Crippen LogP) is 3.53. The number of amides is 1. The van der Waals surface area contributed by atoms with Crippen molar-refractivity contribution < 1.29 is 4.79 Å². The number of carbonyl (C=O) groups is 1. The van der Waals surface area contributed by atoms with Gasteiger partial charge in [0, 0.05) is 31.0 Å². The number of nitrogens with zero attached hydrogens (tertiary/aromatic N) is 5. The Morgan fingerprint density at radius 1 is 1.00 bits per heavy atom. The molecule has 0 unspecified atom stereocenters. The summed E-state index contributed by atoms with van der Waals surface area (Å²) in [6.45, 7) is 7.99. The van der Waals surface area contributed by atoms with E-state index < -0.39 is 0 Å². The van der Waals surface area contributed by atoms with Gasteiger partial charge in [-0.25, -0.2) is 9.97 Å². The molecule has 3 heterocycles. The van der Waals surface area contributed by atoms with Gasteiger partial charge in [0.05, 0.1) is 11.4 Å². The maximum Gasteiger partial charge on any atom is 0.277 e.